The van der Waals surface area contributed by atoms with Gasteiger partial charge in [0.1, 0.15) is 5.76 Å². The highest BCUT2D eigenvalue weighted by atomic mass is 32.2. The van der Waals surface area contributed by atoms with Gasteiger partial charge in [0.25, 0.3) is 5.56 Å². The summed E-state index contributed by atoms with van der Waals surface area (Å²) in [7, 11) is 3.14. The molecule has 0 bridgehead atoms. The van der Waals surface area contributed by atoms with Crippen molar-refractivity contribution in [1.29, 1.82) is 0 Å². The zero-order chi connectivity index (χ0) is 22.7. The predicted molar refractivity (Wildman–Crippen MR) is 126 cm³/mol. The first-order chi connectivity index (χ1) is 15.5. The number of methoxy groups -OCH3 is 2. The Kier molecular flexibility index (Phi) is 6.89. The number of thioether (sulfide) groups is 1. The number of allylic oxidation sites excluding steroid dienone is 2. The second-order valence-corrected chi connectivity index (χ2v) is 8.91. The summed E-state index contributed by atoms with van der Waals surface area (Å²) in [6, 6.07) is 3.47. The first kappa shape index (κ1) is 22.5. The number of ether oxygens (including phenoxy) is 2. The van der Waals surface area contributed by atoms with Crippen molar-refractivity contribution in [3.8, 4) is 11.5 Å². The fraction of sp³-hybridized carbons (Fsp3) is 0.458. The van der Waals surface area contributed by atoms with Crippen molar-refractivity contribution in [1.82, 2.24) is 14.5 Å². The second-order valence-electron chi connectivity index (χ2n) is 7.97. The zero-order valence-electron chi connectivity index (χ0n) is 19.1. The third-order valence-corrected chi connectivity index (χ3v) is 6.82. The number of benzene rings is 1. The summed E-state index contributed by atoms with van der Waals surface area (Å²) in [5.41, 5.74) is 2.81. The summed E-state index contributed by atoms with van der Waals surface area (Å²) in [5, 5.41) is 1.17. The maximum absolute atomic E-state index is 13.5. The van der Waals surface area contributed by atoms with Crippen LogP contribution in [0.25, 0.3) is 10.9 Å². The Morgan fingerprint density at radius 1 is 1.12 bits per heavy atom. The average Bonchev–Trinajstić information content (AvgIpc) is 3.14. The molecule has 170 valence electrons. The summed E-state index contributed by atoms with van der Waals surface area (Å²) in [6.45, 7) is 4.42. The van der Waals surface area contributed by atoms with Crippen molar-refractivity contribution < 1.29 is 13.9 Å². The van der Waals surface area contributed by atoms with E-state index < -0.39 is 0 Å². The lowest BCUT2D eigenvalue weighted by Crippen LogP contribution is -2.24. The van der Waals surface area contributed by atoms with Gasteiger partial charge in [-0.1, -0.05) is 23.4 Å². The van der Waals surface area contributed by atoms with Gasteiger partial charge in [-0.15, -0.1) is 0 Å². The van der Waals surface area contributed by atoms with E-state index in [2.05, 4.69) is 11.1 Å². The van der Waals surface area contributed by atoms with Crippen molar-refractivity contribution in [2.75, 3.05) is 14.2 Å². The lowest BCUT2D eigenvalue weighted by atomic mass is 9.97. The van der Waals surface area contributed by atoms with Gasteiger partial charge in [-0.2, -0.15) is 0 Å². The Balaban J connectivity index is 1.72. The second kappa shape index (κ2) is 9.81. The molecule has 0 saturated carbocycles. The molecule has 1 aliphatic rings. The molecule has 1 aliphatic carbocycles. The number of aryl methyl sites for hydroxylation is 2. The molecule has 0 radical (unpaired) electrons. The molecule has 0 spiro atoms. The van der Waals surface area contributed by atoms with Crippen molar-refractivity contribution in [2.24, 2.45) is 0 Å². The largest absolute Gasteiger partial charge is 0.493 e. The van der Waals surface area contributed by atoms with Gasteiger partial charge in [-0.25, -0.2) is 9.97 Å². The predicted octanol–water partition coefficient (Wildman–Crippen LogP) is 5.20. The van der Waals surface area contributed by atoms with Crippen molar-refractivity contribution in [2.45, 2.75) is 63.4 Å². The zero-order valence-corrected chi connectivity index (χ0v) is 19.9. The minimum Gasteiger partial charge on any atom is -0.493 e. The van der Waals surface area contributed by atoms with Gasteiger partial charge in [0, 0.05) is 12.6 Å². The van der Waals surface area contributed by atoms with Crippen LogP contribution >= 0.6 is 11.8 Å². The Hall–Kier alpha value is -2.74. The summed E-state index contributed by atoms with van der Waals surface area (Å²) in [4.78, 5) is 22.8. The van der Waals surface area contributed by atoms with Crippen LogP contribution in [-0.2, 0) is 12.3 Å². The molecule has 2 heterocycles. The molecule has 4 rings (SSSR count). The molecular formula is C24H29N3O4S. The van der Waals surface area contributed by atoms with E-state index >= 15 is 0 Å². The Morgan fingerprint density at radius 2 is 1.91 bits per heavy atom. The van der Waals surface area contributed by atoms with Crippen LogP contribution in [0, 0.1) is 13.8 Å². The van der Waals surface area contributed by atoms with Crippen molar-refractivity contribution in [3.05, 3.63) is 51.5 Å². The Labute approximate surface area is 191 Å². The third kappa shape index (κ3) is 4.70. The molecule has 0 fully saturated rings. The highest BCUT2D eigenvalue weighted by Gasteiger charge is 2.17. The SMILES string of the molecule is COc1cc2nc(SCc3nc(C)c(C)o3)n(CCC3=CCCCC3)c(=O)c2cc1OC. The van der Waals surface area contributed by atoms with Crippen LogP contribution in [0.5, 0.6) is 11.5 Å². The number of aromatic nitrogens is 3. The monoisotopic (exact) mass is 455 g/mol. The number of oxazole rings is 1. The normalized spacial score (nSPS) is 13.9. The summed E-state index contributed by atoms with van der Waals surface area (Å²) < 4.78 is 18.3. The van der Waals surface area contributed by atoms with E-state index in [-0.39, 0.29) is 5.56 Å². The summed E-state index contributed by atoms with van der Waals surface area (Å²) in [5.74, 6) is 3.01. The molecule has 32 heavy (non-hydrogen) atoms. The Morgan fingerprint density at radius 3 is 2.56 bits per heavy atom. The van der Waals surface area contributed by atoms with E-state index in [9.17, 15) is 4.79 Å². The smallest absolute Gasteiger partial charge is 0.262 e. The van der Waals surface area contributed by atoms with Crippen LogP contribution in [0.2, 0.25) is 0 Å². The minimum atomic E-state index is -0.0744. The molecule has 0 amide bonds. The molecule has 7 nitrogen and oxygen atoms in total. The van der Waals surface area contributed by atoms with E-state index in [1.807, 2.05) is 13.8 Å². The van der Waals surface area contributed by atoms with Gasteiger partial charge in [0.2, 0.25) is 5.89 Å². The number of hydrogen-bond donors (Lipinski definition) is 0. The number of rotatable bonds is 8. The molecular weight excluding hydrogens is 426 g/mol. The fourth-order valence-electron chi connectivity index (χ4n) is 3.95. The fourth-order valence-corrected chi connectivity index (χ4v) is 4.82. The van der Waals surface area contributed by atoms with E-state index in [0.717, 1.165) is 30.7 Å². The maximum atomic E-state index is 13.5. The van der Waals surface area contributed by atoms with Gasteiger partial charge in [-0.3, -0.25) is 9.36 Å². The average molecular weight is 456 g/mol. The lowest BCUT2D eigenvalue weighted by molar-refractivity contribution is 0.355. The number of fused-ring (bicyclic) bond motifs is 1. The number of nitrogens with zero attached hydrogens (tertiary/aromatic N) is 3. The third-order valence-electron chi connectivity index (χ3n) is 5.86. The van der Waals surface area contributed by atoms with E-state index in [1.165, 1.54) is 30.2 Å². The molecule has 8 heteroatoms. The van der Waals surface area contributed by atoms with Crippen LogP contribution in [0.4, 0.5) is 0 Å². The quantitative estimate of drug-likeness (QED) is 0.262. The van der Waals surface area contributed by atoms with E-state index in [0.29, 0.717) is 45.7 Å². The standard InChI is InChI=1S/C24H29N3O4S/c1-15-16(2)31-22(25-15)14-32-24-26-19-13-21(30-4)20(29-3)12-18(19)23(28)27(24)11-10-17-8-6-5-7-9-17/h8,12-13H,5-7,9-11,14H2,1-4H3. The summed E-state index contributed by atoms with van der Waals surface area (Å²) in [6.07, 6.45) is 7.88. The molecule has 0 aliphatic heterocycles. The Bertz CT molecular complexity index is 1190. The van der Waals surface area contributed by atoms with Gasteiger partial charge >= 0.3 is 0 Å². The van der Waals surface area contributed by atoms with Crippen LogP contribution in [0.15, 0.2) is 38.1 Å². The van der Waals surface area contributed by atoms with E-state index in [1.54, 1.807) is 30.9 Å². The lowest BCUT2D eigenvalue weighted by Gasteiger charge is -2.17. The van der Waals surface area contributed by atoms with Crippen LogP contribution in [0.3, 0.4) is 0 Å². The van der Waals surface area contributed by atoms with Crippen molar-refractivity contribution in [3.63, 3.8) is 0 Å². The highest BCUT2D eigenvalue weighted by molar-refractivity contribution is 7.98. The molecule has 0 saturated heterocycles. The van der Waals surface area contributed by atoms with Crippen LogP contribution < -0.4 is 15.0 Å². The molecule has 2 aromatic heterocycles. The molecule has 0 atom stereocenters. The molecule has 0 N–H and O–H groups in total. The minimum absolute atomic E-state index is 0.0744. The first-order valence-corrected chi connectivity index (χ1v) is 11.9. The first-order valence-electron chi connectivity index (χ1n) is 10.9. The highest BCUT2D eigenvalue weighted by Crippen LogP contribution is 2.32. The van der Waals surface area contributed by atoms with Crippen LogP contribution in [-0.4, -0.2) is 28.8 Å². The van der Waals surface area contributed by atoms with Gasteiger partial charge < -0.3 is 13.9 Å². The summed E-state index contributed by atoms with van der Waals surface area (Å²) >= 11 is 1.47. The topological polar surface area (TPSA) is 79.4 Å². The van der Waals surface area contributed by atoms with Gasteiger partial charge in [0.05, 0.1) is 36.6 Å². The maximum Gasteiger partial charge on any atom is 0.262 e. The molecule has 1 aromatic carbocycles. The van der Waals surface area contributed by atoms with Crippen LogP contribution in [0.1, 0.15) is 49.4 Å². The van der Waals surface area contributed by atoms with Gasteiger partial charge in [0.15, 0.2) is 16.7 Å². The number of hydrogen-bond acceptors (Lipinski definition) is 7. The van der Waals surface area contributed by atoms with Crippen molar-refractivity contribution >= 4 is 22.7 Å². The van der Waals surface area contributed by atoms with E-state index in [4.69, 9.17) is 18.9 Å². The van der Waals surface area contributed by atoms with Gasteiger partial charge in [-0.05, 0) is 52.0 Å². The molecule has 3 aromatic rings. The molecule has 0 unspecified atom stereocenters.